The first-order chi connectivity index (χ1) is 9.02. The highest BCUT2D eigenvalue weighted by Gasteiger charge is 2.17. The summed E-state index contributed by atoms with van der Waals surface area (Å²) in [6, 6.07) is 6.56. The fraction of sp³-hybridized carbons (Fsp3) is 0.214. The van der Waals surface area contributed by atoms with Gasteiger partial charge < -0.3 is 10.5 Å². The molecule has 0 bridgehead atoms. The second kappa shape index (κ2) is 5.40. The summed E-state index contributed by atoms with van der Waals surface area (Å²) in [7, 11) is 0. The summed E-state index contributed by atoms with van der Waals surface area (Å²) in [5.74, 6) is -0.791. The maximum absolute atomic E-state index is 13.9. The van der Waals surface area contributed by atoms with Gasteiger partial charge in [-0.2, -0.15) is 0 Å². The molecule has 2 aromatic rings. The Labute approximate surface area is 114 Å². The SMILES string of the molecule is CCOC(=O)c1sc(-c2ccc(C)cc2F)cc1N. The molecule has 2 rings (SSSR count). The second-order valence-corrected chi connectivity index (χ2v) is 5.15. The Morgan fingerprint density at radius 2 is 2.16 bits per heavy atom. The van der Waals surface area contributed by atoms with Crippen LogP contribution in [0.3, 0.4) is 0 Å². The van der Waals surface area contributed by atoms with Gasteiger partial charge >= 0.3 is 5.97 Å². The van der Waals surface area contributed by atoms with Gasteiger partial charge in [0.05, 0.1) is 12.3 Å². The molecule has 0 aliphatic carbocycles. The van der Waals surface area contributed by atoms with Gasteiger partial charge in [0.1, 0.15) is 10.7 Å². The molecule has 2 N–H and O–H groups in total. The van der Waals surface area contributed by atoms with Gasteiger partial charge in [0.15, 0.2) is 0 Å². The average Bonchev–Trinajstić information content (AvgIpc) is 2.71. The van der Waals surface area contributed by atoms with Gasteiger partial charge in [-0.15, -0.1) is 11.3 Å². The van der Waals surface area contributed by atoms with Crippen molar-refractivity contribution in [1.82, 2.24) is 0 Å². The molecule has 0 radical (unpaired) electrons. The van der Waals surface area contributed by atoms with Gasteiger partial charge in [-0.25, -0.2) is 9.18 Å². The van der Waals surface area contributed by atoms with Crippen molar-refractivity contribution in [1.29, 1.82) is 0 Å². The Balaban J connectivity index is 2.42. The Morgan fingerprint density at radius 1 is 1.42 bits per heavy atom. The first-order valence-corrected chi connectivity index (χ1v) is 6.67. The number of hydrogen-bond donors (Lipinski definition) is 1. The summed E-state index contributed by atoms with van der Waals surface area (Å²) < 4.78 is 18.8. The maximum Gasteiger partial charge on any atom is 0.350 e. The molecule has 0 amide bonds. The lowest BCUT2D eigenvalue weighted by molar-refractivity contribution is 0.0533. The van der Waals surface area contributed by atoms with Crippen molar-refractivity contribution in [3.05, 3.63) is 40.5 Å². The van der Waals surface area contributed by atoms with Crippen LogP contribution in [-0.2, 0) is 4.74 Å². The van der Waals surface area contributed by atoms with Crippen molar-refractivity contribution in [2.75, 3.05) is 12.3 Å². The van der Waals surface area contributed by atoms with Crippen LogP contribution in [0.4, 0.5) is 10.1 Å². The van der Waals surface area contributed by atoms with Crippen molar-refractivity contribution in [2.45, 2.75) is 13.8 Å². The maximum atomic E-state index is 13.9. The summed E-state index contributed by atoms with van der Waals surface area (Å²) in [5, 5.41) is 0. The van der Waals surface area contributed by atoms with Crippen LogP contribution in [0.25, 0.3) is 10.4 Å². The fourth-order valence-corrected chi connectivity index (χ4v) is 2.71. The minimum absolute atomic E-state index is 0.282. The third kappa shape index (κ3) is 2.76. The van der Waals surface area contributed by atoms with Crippen LogP contribution in [0.2, 0.25) is 0 Å². The highest BCUT2D eigenvalue weighted by atomic mass is 32.1. The van der Waals surface area contributed by atoms with E-state index in [0.29, 0.717) is 21.0 Å². The first-order valence-electron chi connectivity index (χ1n) is 5.86. The monoisotopic (exact) mass is 279 g/mol. The van der Waals surface area contributed by atoms with Gasteiger partial charge in [-0.05, 0) is 31.5 Å². The number of nitrogens with two attached hydrogens (primary N) is 1. The summed E-state index contributed by atoms with van der Waals surface area (Å²) in [4.78, 5) is 12.6. The quantitative estimate of drug-likeness (QED) is 0.873. The molecule has 0 unspecified atom stereocenters. The molecule has 1 aromatic heterocycles. The Hall–Kier alpha value is -1.88. The molecule has 0 aliphatic heterocycles. The molecule has 1 heterocycles. The lowest BCUT2D eigenvalue weighted by Gasteiger charge is -2.01. The van der Waals surface area contributed by atoms with E-state index in [-0.39, 0.29) is 12.4 Å². The molecule has 1 aromatic carbocycles. The van der Waals surface area contributed by atoms with Crippen molar-refractivity contribution in [2.24, 2.45) is 0 Å². The first kappa shape index (κ1) is 13.5. The predicted molar refractivity (Wildman–Crippen MR) is 74.8 cm³/mol. The van der Waals surface area contributed by atoms with Crippen LogP contribution in [-0.4, -0.2) is 12.6 Å². The van der Waals surface area contributed by atoms with Crippen molar-refractivity contribution in [3.63, 3.8) is 0 Å². The van der Waals surface area contributed by atoms with Gasteiger partial charge in [0.2, 0.25) is 0 Å². The van der Waals surface area contributed by atoms with Crippen LogP contribution in [0.15, 0.2) is 24.3 Å². The lowest BCUT2D eigenvalue weighted by Crippen LogP contribution is -2.04. The largest absolute Gasteiger partial charge is 0.462 e. The highest BCUT2D eigenvalue weighted by Crippen LogP contribution is 2.35. The number of nitrogen functional groups attached to an aromatic ring is 1. The third-order valence-electron chi connectivity index (χ3n) is 2.61. The van der Waals surface area contributed by atoms with Gasteiger partial charge in [-0.1, -0.05) is 12.1 Å². The van der Waals surface area contributed by atoms with Gasteiger partial charge in [0, 0.05) is 10.4 Å². The van der Waals surface area contributed by atoms with E-state index >= 15 is 0 Å². The molecule has 100 valence electrons. The Kier molecular flexibility index (Phi) is 3.85. The minimum Gasteiger partial charge on any atom is -0.462 e. The number of anilines is 1. The number of carbonyl (C=O) groups excluding carboxylic acids is 1. The number of benzene rings is 1. The zero-order valence-electron chi connectivity index (χ0n) is 10.7. The van der Waals surface area contributed by atoms with E-state index in [0.717, 1.165) is 16.9 Å². The molecule has 0 saturated heterocycles. The lowest BCUT2D eigenvalue weighted by atomic mass is 10.1. The summed E-state index contributed by atoms with van der Waals surface area (Å²) in [6.07, 6.45) is 0. The molecular weight excluding hydrogens is 265 g/mol. The third-order valence-corrected chi connectivity index (χ3v) is 3.78. The Morgan fingerprint density at radius 3 is 2.79 bits per heavy atom. The van der Waals surface area contributed by atoms with E-state index in [1.165, 1.54) is 6.07 Å². The zero-order chi connectivity index (χ0) is 14.0. The van der Waals surface area contributed by atoms with Crippen LogP contribution >= 0.6 is 11.3 Å². The van der Waals surface area contributed by atoms with Crippen molar-refractivity contribution < 1.29 is 13.9 Å². The van der Waals surface area contributed by atoms with Crippen LogP contribution in [0.1, 0.15) is 22.2 Å². The number of hydrogen-bond acceptors (Lipinski definition) is 4. The van der Waals surface area contributed by atoms with Crippen LogP contribution in [0, 0.1) is 12.7 Å². The zero-order valence-corrected chi connectivity index (χ0v) is 11.5. The van der Waals surface area contributed by atoms with Crippen molar-refractivity contribution >= 4 is 23.0 Å². The molecule has 3 nitrogen and oxygen atoms in total. The number of esters is 1. The smallest absolute Gasteiger partial charge is 0.350 e. The number of carbonyl (C=O) groups is 1. The molecular formula is C14H14FNO2S. The minimum atomic E-state index is -0.469. The molecule has 0 atom stereocenters. The number of rotatable bonds is 3. The summed E-state index contributed by atoms with van der Waals surface area (Å²) in [5.41, 5.74) is 7.38. The van der Waals surface area contributed by atoms with E-state index in [2.05, 4.69) is 0 Å². The van der Waals surface area contributed by atoms with Crippen LogP contribution < -0.4 is 5.73 Å². The summed E-state index contributed by atoms with van der Waals surface area (Å²) in [6.45, 7) is 3.83. The van der Waals surface area contributed by atoms with E-state index in [1.807, 2.05) is 13.0 Å². The standard InChI is InChI=1S/C14H14FNO2S/c1-3-18-14(17)13-11(16)7-12(19-13)9-5-4-8(2)6-10(9)15/h4-7H,3,16H2,1-2H3. The van der Waals surface area contributed by atoms with Gasteiger partial charge in [0.25, 0.3) is 0 Å². The molecule has 5 heteroatoms. The normalized spacial score (nSPS) is 10.5. The molecule has 19 heavy (non-hydrogen) atoms. The predicted octanol–water partition coefficient (Wildman–Crippen LogP) is 3.62. The van der Waals surface area contributed by atoms with Gasteiger partial charge in [-0.3, -0.25) is 0 Å². The Bertz CT molecular complexity index is 622. The molecule has 0 aliphatic rings. The number of thiophene rings is 1. The topological polar surface area (TPSA) is 52.3 Å². The van der Waals surface area contributed by atoms with Crippen LogP contribution in [0.5, 0.6) is 0 Å². The molecule has 0 fully saturated rings. The summed E-state index contributed by atoms with van der Waals surface area (Å²) >= 11 is 1.14. The molecule has 0 spiro atoms. The van der Waals surface area contributed by atoms with E-state index in [4.69, 9.17) is 10.5 Å². The fourth-order valence-electron chi connectivity index (χ4n) is 1.71. The van der Waals surface area contributed by atoms with Crippen molar-refractivity contribution in [3.8, 4) is 10.4 Å². The average molecular weight is 279 g/mol. The van der Waals surface area contributed by atoms with E-state index in [1.54, 1.807) is 19.1 Å². The number of aryl methyl sites for hydroxylation is 1. The van der Waals surface area contributed by atoms with E-state index in [9.17, 15) is 9.18 Å². The van der Waals surface area contributed by atoms with E-state index < -0.39 is 5.97 Å². The number of halogens is 1. The molecule has 0 saturated carbocycles. The highest BCUT2D eigenvalue weighted by molar-refractivity contribution is 7.18. The number of ether oxygens (including phenoxy) is 1. The second-order valence-electron chi connectivity index (χ2n) is 4.10.